The second kappa shape index (κ2) is 3.79. The van der Waals surface area contributed by atoms with E-state index in [0.29, 0.717) is 0 Å². The van der Waals surface area contributed by atoms with Crippen LogP contribution < -0.4 is 10.4 Å². The van der Waals surface area contributed by atoms with Gasteiger partial charge in [0, 0.05) is 5.69 Å². The number of carbonyl (C=O) groups excluding carboxylic acids is 1. The van der Waals surface area contributed by atoms with Gasteiger partial charge in [-0.2, -0.15) is 0 Å². The van der Waals surface area contributed by atoms with E-state index in [1.54, 1.807) is 12.1 Å². The lowest BCUT2D eigenvalue weighted by molar-refractivity contribution is -0.257. The number of aromatic carboxylic acids is 1. The van der Waals surface area contributed by atoms with E-state index in [-0.39, 0.29) is 6.01 Å². The maximum atomic E-state index is 10.3. The SMILES string of the molecule is O=C([O-])c1nnc(Nc2ccccc2)o1. The highest BCUT2D eigenvalue weighted by molar-refractivity contribution is 5.80. The molecule has 0 aliphatic heterocycles. The van der Waals surface area contributed by atoms with Crippen molar-refractivity contribution in [3.05, 3.63) is 36.2 Å². The Balaban J connectivity index is 2.15. The van der Waals surface area contributed by atoms with E-state index in [1.807, 2.05) is 18.2 Å². The fourth-order valence-corrected chi connectivity index (χ4v) is 1.00. The van der Waals surface area contributed by atoms with Gasteiger partial charge in [-0.3, -0.25) is 0 Å². The number of hydrogen-bond donors (Lipinski definition) is 1. The van der Waals surface area contributed by atoms with Gasteiger partial charge in [-0.1, -0.05) is 23.3 Å². The third-order valence-electron chi connectivity index (χ3n) is 1.62. The molecule has 1 aromatic carbocycles. The summed E-state index contributed by atoms with van der Waals surface area (Å²) in [6, 6.07) is 9.06. The molecule has 0 radical (unpaired) electrons. The van der Waals surface area contributed by atoms with E-state index in [1.165, 1.54) is 0 Å². The van der Waals surface area contributed by atoms with Crippen LogP contribution in [-0.4, -0.2) is 16.2 Å². The highest BCUT2D eigenvalue weighted by Crippen LogP contribution is 2.13. The number of nitrogens with one attached hydrogen (secondary N) is 1. The maximum Gasteiger partial charge on any atom is 0.320 e. The molecular weight excluding hydrogens is 198 g/mol. The second-order valence-electron chi connectivity index (χ2n) is 2.69. The molecule has 1 heterocycles. The molecule has 76 valence electrons. The van der Waals surface area contributed by atoms with Gasteiger partial charge in [0.25, 0.3) is 5.89 Å². The highest BCUT2D eigenvalue weighted by atomic mass is 16.4. The van der Waals surface area contributed by atoms with E-state index in [4.69, 9.17) is 4.42 Å². The van der Waals surface area contributed by atoms with E-state index in [2.05, 4.69) is 15.5 Å². The van der Waals surface area contributed by atoms with Gasteiger partial charge in [0.2, 0.25) is 0 Å². The average Bonchev–Trinajstić information content (AvgIpc) is 2.68. The van der Waals surface area contributed by atoms with Crippen molar-refractivity contribution < 1.29 is 14.3 Å². The van der Waals surface area contributed by atoms with Crippen molar-refractivity contribution in [2.24, 2.45) is 0 Å². The third-order valence-corrected chi connectivity index (χ3v) is 1.62. The molecule has 0 spiro atoms. The van der Waals surface area contributed by atoms with Gasteiger partial charge in [0.15, 0.2) is 0 Å². The Labute approximate surface area is 84.6 Å². The zero-order valence-corrected chi connectivity index (χ0v) is 7.51. The van der Waals surface area contributed by atoms with Crippen LogP contribution in [0.4, 0.5) is 11.7 Å². The summed E-state index contributed by atoms with van der Waals surface area (Å²) in [6.07, 6.45) is 0. The fraction of sp³-hybridized carbons (Fsp3) is 0. The number of carboxylic acids is 1. The van der Waals surface area contributed by atoms with Crippen molar-refractivity contribution >= 4 is 17.7 Å². The zero-order valence-electron chi connectivity index (χ0n) is 7.51. The molecule has 6 nitrogen and oxygen atoms in total. The fourth-order valence-electron chi connectivity index (χ4n) is 1.00. The minimum absolute atomic E-state index is 0.0143. The summed E-state index contributed by atoms with van der Waals surface area (Å²) in [5, 5.41) is 19.8. The van der Waals surface area contributed by atoms with E-state index in [9.17, 15) is 9.90 Å². The predicted molar refractivity (Wildman–Crippen MR) is 48.4 cm³/mol. The molecule has 0 saturated carbocycles. The second-order valence-corrected chi connectivity index (χ2v) is 2.69. The molecule has 0 aliphatic carbocycles. The van der Waals surface area contributed by atoms with Crippen LogP contribution in [-0.2, 0) is 0 Å². The summed E-state index contributed by atoms with van der Waals surface area (Å²) in [4.78, 5) is 10.3. The monoisotopic (exact) mass is 204 g/mol. The lowest BCUT2D eigenvalue weighted by atomic mass is 10.3. The molecule has 15 heavy (non-hydrogen) atoms. The molecule has 0 unspecified atom stereocenters. The van der Waals surface area contributed by atoms with E-state index >= 15 is 0 Å². The molecule has 0 fully saturated rings. The number of anilines is 2. The Morgan fingerprint density at radius 1 is 1.27 bits per heavy atom. The minimum atomic E-state index is -1.50. The van der Waals surface area contributed by atoms with Gasteiger partial charge in [0.05, 0.1) is 0 Å². The third kappa shape index (κ3) is 2.11. The Kier molecular flexibility index (Phi) is 2.32. The van der Waals surface area contributed by atoms with Crippen molar-refractivity contribution in [2.45, 2.75) is 0 Å². The van der Waals surface area contributed by atoms with Crippen LogP contribution in [0.1, 0.15) is 10.7 Å². The smallest absolute Gasteiger partial charge is 0.320 e. The molecule has 0 atom stereocenters. The lowest BCUT2D eigenvalue weighted by Crippen LogP contribution is -2.22. The highest BCUT2D eigenvalue weighted by Gasteiger charge is 2.05. The molecule has 1 aromatic heterocycles. The normalized spacial score (nSPS) is 9.87. The number of rotatable bonds is 3. The van der Waals surface area contributed by atoms with Crippen LogP contribution in [0.25, 0.3) is 0 Å². The van der Waals surface area contributed by atoms with Crippen LogP contribution >= 0.6 is 0 Å². The summed E-state index contributed by atoms with van der Waals surface area (Å²) in [6.45, 7) is 0. The summed E-state index contributed by atoms with van der Waals surface area (Å²) < 4.78 is 4.75. The number of benzene rings is 1. The average molecular weight is 204 g/mol. The zero-order chi connectivity index (χ0) is 10.7. The lowest BCUT2D eigenvalue weighted by Gasteiger charge is -1.98. The first-order valence-electron chi connectivity index (χ1n) is 4.12. The van der Waals surface area contributed by atoms with Gasteiger partial charge in [-0.25, -0.2) is 0 Å². The quantitative estimate of drug-likeness (QED) is 0.766. The van der Waals surface area contributed by atoms with Crippen LogP contribution in [0.2, 0.25) is 0 Å². The molecule has 0 amide bonds. The molecule has 6 heteroatoms. The number of hydrogen-bond acceptors (Lipinski definition) is 6. The van der Waals surface area contributed by atoms with Gasteiger partial charge >= 0.3 is 6.01 Å². The molecule has 0 aliphatic rings. The standard InChI is InChI=1S/C9H7N3O3/c13-8(14)7-11-12-9(15-7)10-6-4-2-1-3-5-6/h1-5H,(H,10,12)(H,13,14)/p-1. The number of nitrogens with zero attached hydrogens (tertiary/aromatic N) is 2. The first kappa shape index (κ1) is 9.20. The molecule has 1 N–H and O–H groups in total. The van der Waals surface area contributed by atoms with Gasteiger partial charge in [0.1, 0.15) is 5.97 Å². The first-order chi connectivity index (χ1) is 7.25. The first-order valence-corrected chi connectivity index (χ1v) is 4.12. The molecule has 0 bridgehead atoms. The van der Waals surface area contributed by atoms with Gasteiger partial charge in [-0.15, -0.1) is 5.10 Å². The van der Waals surface area contributed by atoms with Crippen molar-refractivity contribution in [2.75, 3.05) is 5.32 Å². The Morgan fingerprint density at radius 3 is 2.60 bits per heavy atom. The van der Waals surface area contributed by atoms with Crippen LogP contribution in [0.15, 0.2) is 34.7 Å². The number of carboxylic acid groups (broad SMARTS) is 1. The van der Waals surface area contributed by atoms with Gasteiger partial charge in [-0.05, 0) is 12.1 Å². The summed E-state index contributed by atoms with van der Waals surface area (Å²) in [7, 11) is 0. The Morgan fingerprint density at radius 2 is 2.00 bits per heavy atom. The minimum Gasteiger partial charge on any atom is -0.540 e. The van der Waals surface area contributed by atoms with Gasteiger partial charge < -0.3 is 19.6 Å². The number of carbonyl (C=O) groups is 1. The topological polar surface area (TPSA) is 91.1 Å². The molecular formula is C9H6N3O3-. The summed E-state index contributed by atoms with van der Waals surface area (Å²) in [5.74, 6) is -2.04. The molecule has 0 saturated heterocycles. The number of para-hydroxylation sites is 1. The largest absolute Gasteiger partial charge is 0.540 e. The summed E-state index contributed by atoms with van der Waals surface area (Å²) >= 11 is 0. The van der Waals surface area contributed by atoms with E-state index < -0.39 is 11.9 Å². The van der Waals surface area contributed by atoms with Crippen LogP contribution in [0, 0.1) is 0 Å². The predicted octanol–water partition coefficient (Wildman–Crippen LogP) is 0.177. The Bertz CT molecular complexity index is 466. The Hall–Kier alpha value is -2.37. The van der Waals surface area contributed by atoms with Crippen molar-refractivity contribution in [1.29, 1.82) is 0 Å². The molecule has 2 rings (SSSR count). The number of aromatic nitrogens is 2. The molecule has 2 aromatic rings. The maximum absolute atomic E-state index is 10.3. The van der Waals surface area contributed by atoms with Crippen LogP contribution in [0.3, 0.4) is 0 Å². The van der Waals surface area contributed by atoms with Crippen LogP contribution in [0.5, 0.6) is 0 Å². The van der Waals surface area contributed by atoms with Crippen molar-refractivity contribution in [3.8, 4) is 0 Å². The summed E-state index contributed by atoms with van der Waals surface area (Å²) in [5.41, 5.74) is 0.728. The van der Waals surface area contributed by atoms with E-state index in [0.717, 1.165) is 5.69 Å². The van der Waals surface area contributed by atoms with Crippen molar-refractivity contribution in [3.63, 3.8) is 0 Å². The van der Waals surface area contributed by atoms with Crippen molar-refractivity contribution in [1.82, 2.24) is 10.2 Å².